The molecular formula is C14H18N4O2. The van der Waals surface area contributed by atoms with Crippen LogP contribution in [-0.4, -0.2) is 33.5 Å². The van der Waals surface area contributed by atoms with Crippen LogP contribution in [0.25, 0.3) is 0 Å². The maximum absolute atomic E-state index is 10.1. The number of fused-ring (bicyclic) bond motifs is 1. The van der Waals surface area contributed by atoms with Crippen LogP contribution in [-0.2, 0) is 13.1 Å². The van der Waals surface area contributed by atoms with Gasteiger partial charge in [-0.25, -0.2) is 0 Å². The summed E-state index contributed by atoms with van der Waals surface area (Å²) in [5, 5.41) is 18.1. The van der Waals surface area contributed by atoms with Gasteiger partial charge >= 0.3 is 0 Å². The molecule has 0 saturated carbocycles. The number of benzene rings is 1. The molecule has 0 bridgehead atoms. The molecule has 1 atom stereocenters. The van der Waals surface area contributed by atoms with E-state index in [0.29, 0.717) is 12.3 Å². The highest BCUT2D eigenvalue weighted by molar-refractivity contribution is 5.60. The molecule has 0 fully saturated rings. The predicted molar refractivity (Wildman–Crippen MR) is 74.7 cm³/mol. The monoisotopic (exact) mass is 274 g/mol. The van der Waals surface area contributed by atoms with Crippen molar-refractivity contribution in [1.29, 1.82) is 0 Å². The highest BCUT2D eigenvalue weighted by atomic mass is 16.5. The molecule has 20 heavy (non-hydrogen) atoms. The summed E-state index contributed by atoms with van der Waals surface area (Å²) < 4.78 is 7.43. The summed E-state index contributed by atoms with van der Waals surface area (Å²) in [6.07, 6.45) is 1.18. The molecular weight excluding hydrogens is 256 g/mol. The Morgan fingerprint density at radius 2 is 2.20 bits per heavy atom. The summed E-state index contributed by atoms with van der Waals surface area (Å²) in [4.78, 5) is 2.20. The number of methoxy groups -OCH3 is 1. The average Bonchev–Trinajstić information content (AvgIpc) is 2.93. The minimum atomic E-state index is -0.582. The molecule has 2 heterocycles. The van der Waals surface area contributed by atoms with Gasteiger partial charge in [0.15, 0.2) is 5.82 Å². The van der Waals surface area contributed by atoms with Gasteiger partial charge in [0.25, 0.3) is 0 Å². The van der Waals surface area contributed by atoms with Crippen molar-refractivity contribution in [3.8, 4) is 5.75 Å². The topological polar surface area (TPSA) is 63.4 Å². The molecule has 0 aliphatic carbocycles. The number of hydrogen-bond acceptors (Lipinski definition) is 5. The fourth-order valence-electron chi connectivity index (χ4n) is 2.68. The van der Waals surface area contributed by atoms with Gasteiger partial charge in [-0.3, -0.25) is 0 Å². The van der Waals surface area contributed by atoms with Gasteiger partial charge in [0.1, 0.15) is 12.1 Å². The largest absolute Gasteiger partial charge is 0.496 e. The number of aromatic nitrogens is 3. The number of nitrogens with zero attached hydrogens (tertiary/aromatic N) is 4. The second kappa shape index (κ2) is 5.13. The third-order valence-electron chi connectivity index (χ3n) is 3.66. The number of hydrogen-bond donors (Lipinski definition) is 1. The first-order valence-corrected chi connectivity index (χ1v) is 6.67. The summed E-state index contributed by atoms with van der Waals surface area (Å²) in [5.41, 5.74) is 1.82. The molecule has 0 amide bonds. The van der Waals surface area contributed by atoms with Crippen LogP contribution in [0.4, 0.5) is 5.69 Å². The zero-order chi connectivity index (χ0) is 14.1. The smallest absolute Gasteiger partial charge is 0.152 e. The molecule has 0 radical (unpaired) electrons. The average molecular weight is 274 g/mol. The molecule has 1 aliphatic heterocycles. The van der Waals surface area contributed by atoms with E-state index in [0.717, 1.165) is 30.2 Å². The first-order valence-electron chi connectivity index (χ1n) is 6.67. The Balaban J connectivity index is 1.99. The molecule has 106 valence electrons. The Bertz CT molecular complexity index is 609. The van der Waals surface area contributed by atoms with Crippen LogP contribution in [0, 0.1) is 0 Å². The first kappa shape index (κ1) is 12.9. The highest BCUT2D eigenvalue weighted by Gasteiger charge is 2.23. The number of aliphatic hydroxyl groups excluding tert-OH is 1. The van der Waals surface area contributed by atoms with Crippen molar-refractivity contribution in [2.24, 2.45) is 0 Å². The fraction of sp³-hybridized carbons (Fsp3) is 0.429. The molecule has 1 aromatic carbocycles. The van der Waals surface area contributed by atoms with E-state index in [9.17, 15) is 5.11 Å². The zero-order valence-electron chi connectivity index (χ0n) is 11.7. The van der Waals surface area contributed by atoms with Gasteiger partial charge in [-0.15, -0.1) is 10.2 Å². The predicted octanol–water partition coefficient (Wildman–Crippen LogP) is 1.36. The number of rotatable bonds is 3. The molecule has 6 nitrogen and oxygen atoms in total. The van der Waals surface area contributed by atoms with Gasteiger partial charge in [0.2, 0.25) is 0 Å². The third kappa shape index (κ3) is 2.12. The summed E-state index contributed by atoms with van der Waals surface area (Å²) in [6.45, 7) is 4.15. The second-order valence-corrected chi connectivity index (χ2v) is 4.93. The van der Waals surface area contributed by atoms with Crippen molar-refractivity contribution in [3.63, 3.8) is 0 Å². The molecule has 1 aliphatic rings. The van der Waals surface area contributed by atoms with E-state index in [4.69, 9.17) is 4.74 Å². The van der Waals surface area contributed by atoms with Crippen molar-refractivity contribution < 1.29 is 9.84 Å². The molecule has 0 unspecified atom stereocenters. The van der Waals surface area contributed by atoms with E-state index < -0.39 is 6.10 Å². The second-order valence-electron chi connectivity index (χ2n) is 4.93. The van der Waals surface area contributed by atoms with Gasteiger partial charge in [0, 0.05) is 24.3 Å². The molecule has 0 spiro atoms. The lowest BCUT2D eigenvalue weighted by atomic mass is 10.1. The van der Waals surface area contributed by atoms with Gasteiger partial charge in [-0.1, -0.05) is 6.07 Å². The Hall–Kier alpha value is -2.08. The van der Waals surface area contributed by atoms with Crippen molar-refractivity contribution in [1.82, 2.24) is 14.8 Å². The van der Waals surface area contributed by atoms with Gasteiger partial charge in [-0.2, -0.15) is 0 Å². The lowest BCUT2D eigenvalue weighted by Crippen LogP contribution is -2.34. The van der Waals surface area contributed by atoms with Crippen LogP contribution < -0.4 is 9.64 Å². The minimum Gasteiger partial charge on any atom is -0.496 e. The summed E-state index contributed by atoms with van der Waals surface area (Å²) in [6, 6.07) is 5.83. The van der Waals surface area contributed by atoms with Crippen molar-refractivity contribution in [3.05, 3.63) is 35.9 Å². The van der Waals surface area contributed by atoms with E-state index in [1.54, 1.807) is 20.4 Å². The molecule has 1 N–H and O–H groups in total. The van der Waals surface area contributed by atoms with Crippen molar-refractivity contribution >= 4 is 5.69 Å². The van der Waals surface area contributed by atoms with Crippen LogP contribution in [0.15, 0.2) is 24.5 Å². The van der Waals surface area contributed by atoms with Crippen LogP contribution >= 0.6 is 0 Å². The van der Waals surface area contributed by atoms with Crippen LogP contribution in [0.3, 0.4) is 0 Å². The zero-order valence-corrected chi connectivity index (χ0v) is 11.7. The van der Waals surface area contributed by atoms with Crippen molar-refractivity contribution in [2.45, 2.75) is 26.1 Å². The van der Waals surface area contributed by atoms with E-state index in [2.05, 4.69) is 19.7 Å². The molecule has 2 aromatic rings. The normalized spacial score (nSPS) is 15.8. The van der Waals surface area contributed by atoms with E-state index in [-0.39, 0.29) is 0 Å². The Kier molecular flexibility index (Phi) is 3.31. The lowest BCUT2D eigenvalue weighted by Gasteiger charge is -2.31. The SMILES string of the molecule is COc1cccc(N2CCn3cnnc3C2)c1[C@@H](C)O. The minimum absolute atomic E-state index is 0.582. The maximum Gasteiger partial charge on any atom is 0.152 e. The lowest BCUT2D eigenvalue weighted by molar-refractivity contribution is 0.194. The standard InChI is InChI=1S/C14H18N4O2/c1-10(19)14-11(4-3-5-12(14)20-2)17-6-7-18-9-15-16-13(18)8-17/h3-5,9-10,19H,6-8H2,1-2H3/t10-/m1/s1. The molecule has 0 saturated heterocycles. The van der Waals surface area contributed by atoms with Gasteiger partial charge in [0.05, 0.1) is 19.8 Å². The van der Waals surface area contributed by atoms with E-state index >= 15 is 0 Å². The maximum atomic E-state index is 10.1. The van der Waals surface area contributed by atoms with Gasteiger partial charge < -0.3 is 19.3 Å². The summed E-state index contributed by atoms with van der Waals surface area (Å²) in [5.74, 6) is 1.65. The summed E-state index contributed by atoms with van der Waals surface area (Å²) >= 11 is 0. The van der Waals surface area contributed by atoms with Crippen LogP contribution in [0.2, 0.25) is 0 Å². The Morgan fingerprint density at radius 1 is 1.35 bits per heavy atom. The number of aliphatic hydroxyl groups is 1. The van der Waals surface area contributed by atoms with E-state index in [1.165, 1.54) is 0 Å². The van der Waals surface area contributed by atoms with Crippen LogP contribution in [0.1, 0.15) is 24.4 Å². The Labute approximate surface area is 117 Å². The summed E-state index contributed by atoms with van der Waals surface area (Å²) in [7, 11) is 1.62. The Morgan fingerprint density at radius 3 is 2.95 bits per heavy atom. The van der Waals surface area contributed by atoms with E-state index in [1.807, 2.05) is 18.2 Å². The van der Waals surface area contributed by atoms with Crippen LogP contribution in [0.5, 0.6) is 5.75 Å². The van der Waals surface area contributed by atoms with Crippen molar-refractivity contribution in [2.75, 3.05) is 18.6 Å². The van der Waals surface area contributed by atoms with Gasteiger partial charge in [-0.05, 0) is 19.1 Å². The molecule has 3 rings (SSSR count). The number of anilines is 1. The first-order chi connectivity index (χ1) is 9.70. The molecule has 1 aromatic heterocycles. The molecule has 6 heteroatoms. The highest BCUT2D eigenvalue weighted by Crippen LogP contribution is 2.35. The fourth-order valence-corrected chi connectivity index (χ4v) is 2.68. The third-order valence-corrected chi connectivity index (χ3v) is 3.66. The quantitative estimate of drug-likeness (QED) is 0.915. The number of ether oxygens (including phenoxy) is 1.